The minimum Gasteiger partial charge on any atom is -0.507 e. The number of aliphatic imine (C=N–C) groups is 2. The number of hydrogen-bond acceptors (Lipinski definition) is 4. The zero-order valence-electron chi connectivity index (χ0n) is 15.1. The average molecular weight is 400 g/mol. The van der Waals surface area contributed by atoms with Crippen molar-refractivity contribution >= 4 is 23.8 Å². The fourth-order valence-electron chi connectivity index (χ4n) is 2.53. The van der Waals surface area contributed by atoms with Crippen LogP contribution in [0.15, 0.2) is 70.6 Å². The van der Waals surface area contributed by atoms with Crippen molar-refractivity contribution in [2.24, 2.45) is 9.98 Å². The molecule has 0 spiro atoms. The van der Waals surface area contributed by atoms with Crippen molar-refractivity contribution in [1.82, 2.24) is 0 Å². The first-order chi connectivity index (χ1) is 12.6. The first-order valence-electron chi connectivity index (χ1n) is 8.30. The molecule has 27 heavy (non-hydrogen) atoms. The summed E-state index contributed by atoms with van der Waals surface area (Å²) in [6.45, 7) is 3.69. The Morgan fingerprint density at radius 3 is 1.44 bits per heavy atom. The van der Waals surface area contributed by atoms with Gasteiger partial charge in [-0.3, -0.25) is 9.98 Å². The van der Waals surface area contributed by atoms with Gasteiger partial charge in [0.15, 0.2) is 0 Å². The molecule has 0 fully saturated rings. The van der Waals surface area contributed by atoms with Gasteiger partial charge in [-0.25, -0.2) is 0 Å². The smallest absolute Gasteiger partial charge is 0.127 e. The third-order valence-electron chi connectivity index (χ3n) is 4.11. The van der Waals surface area contributed by atoms with Crippen LogP contribution in [0.1, 0.15) is 22.3 Å². The number of phenolic OH excluding ortho intramolecular Hbond substituents is 2. The van der Waals surface area contributed by atoms with Crippen LogP contribution in [-0.2, 0) is 17.1 Å². The molecule has 0 heterocycles. The molecular formula is C22H20FeN2O2. The summed E-state index contributed by atoms with van der Waals surface area (Å²) in [4.78, 5) is 8.94. The number of nitrogens with zero attached hydrogens (tertiary/aromatic N) is 2. The Balaban J connectivity index is 0.00000261. The minimum atomic E-state index is 0. The van der Waals surface area contributed by atoms with E-state index in [0.717, 1.165) is 11.1 Å². The van der Waals surface area contributed by atoms with Crippen molar-refractivity contribution in [3.8, 4) is 11.5 Å². The van der Waals surface area contributed by atoms with Crippen LogP contribution in [0.2, 0.25) is 0 Å². The van der Waals surface area contributed by atoms with Gasteiger partial charge < -0.3 is 10.2 Å². The molecule has 3 aromatic carbocycles. The van der Waals surface area contributed by atoms with Gasteiger partial charge >= 0.3 is 0 Å². The molecule has 4 nitrogen and oxygen atoms in total. The second kappa shape index (κ2) is 9.17. The van der Waals surface area contributed by atoms with Crippen LogP contribution in [0.5, 0.6) is 11.5 Å². The van der Waals surface area contributed by atoms with Gasteiger partial charge in [0.1, 0.15) is 11.5 Å². The molecule has 3 rings (SSSR count). The van der Waals surface area contributed by atoms with Crippen LogP contribution in [0.4, 0.5) is 11.4 Å². The van der Waals surface area contributed by atoms with E-state index >= 15 is 0 Å². The van der Waals surface area contributed by atoms with Crippen molar-refractivity contribution in [3.63, 3.8) is 0 Å². The largest absolute Gasteiger partial charge is 0.507 e. The van der Waals surface area contributed by atoms with Gasteiger partial charge in [-0.2, -0.15) is 0 Å². The maximum absolute atomic E-state index is 10.1. The standard InChI is InChI=1S/C22H20N2O2.Fe/c1-15-7-5-9-17(21(15)25)13-23-19-11-3-4-12-20(19)24-14-18-10-6-8-16(2)22(18)26;/h3-14,25-26H,1-2H3;. The molecule has 0 radical (unpaired) electrons. The van der Waals surface area contributed by atoms with Gasteiger partial charge in [0.05, 0.1) is 11.4 Å². The summed E-state index contributed by atoms with van der Waals surface area (Å²) in [7, 11) is 0. The van der Waals surface area contributed by atoms with Crippen LogP contribution in [0.25, 0.3) is 0 Å². The maximum Gasteiger partial charge on any atom is 0.127 e. The first-order valence-corrected chi connectivity index (χ1v) is 8.30. The summed E-state index contributed by atoms with van der Waals surface area (Å²) in [5, 5.41) is 20.2. The van der Waals surface area contributed by atoms with Crippen LogP contribution < -0.4 is 0 Å². The van der Waals surface area contributed by atoms with Crippen LogP contribution >= 0.6 is 0 Å². The zero-order valence-corrected chi connectivity index (χ0v) is 16.2. The van der Waals surface area contributed by atoms with E-state index < -0.39 is 0 Å². The van der Waals surface area contributed by atoms with Gasteiger partial charge in [0.25, 0.3) is 0 Å². The van der Waals surface area contributed by atoms with E-state index in [0.29, 0.717) is 22.5 Å². The molecule has 3 aromatic rings. The van der Waals surface area contributed by atoms with E-state index in [1.807, 2.05) is 74.5 Å². The third kappa shape index (κ3) is 4.85. The molecule has 0 bridgehead atoms. The average Bonchev–Trinajstić information content (AvgIpc) is 2.65. The van der Waals surface area contributed by atoms with Crippen molar-refractivity contribution < 1.29 is 27.3 Å². The van der Waals surface area contributed by atoms with Gasteiger partial charge in [-0.15, -0.1) is 0 Å². The number of benzene rings is 3. The molecular weight excluding hydrogens is 380 g/mol. The Bertz CT molecular complexity index is 917. The molecule has 2 N–H and O–H groups in total. The molecule has 138 valence electrons. The summed E-state index contributed by atoms with van der Waals surface area (Å²) in [6, 6.07) is 18.5. The van der Waals surface area contributed by atoms with E-state index in [-0.39, 0.29) is 28.6 Å². The van der Waals surface area contributed by atoms with Gasteiger partial charge in [0.2, 0.25) is 0 Å². The summed E-state index contributed by atoms with van der Waals surface area (Å²) in [6.07, 6.45) is 3.25. The Hall–Kier alpha value is -2.88. The van der Waals surface area contributed by atoms with E-state index in [9.17, 15) is 10.2 Å². The SMILES string of the molecule is Cc1cccc(C=Nc2ccccc2N=Cc2cccc(C)c2O)c1O.[Fe]. The zero-order chi connectivity index (χ0) is 18.5. The molecule has 0 unspecified atom stereocenters. The number of phenols is 2. The van der Waals surface area contributed by atoms with Crippen molar-refractivity contribution in [3.05, 3.63) is 82.9 Å². The fraction of sp³-hybridized carbons (Fsp3) is 0.0909. The third-order valence-corrected chi connectivity index (χ3v) is 4.11. The Kier molecular flexibility index (Phi) is 6.94. The number of aryl methyl sites for hydroxylation is 2. The summed E-state index contributed by atoms with van der Waals surface area (Å²) < 4.78 is 0. The van der Waals surface area contributed by atoms with E-state index in [1.54, 1.807) is 12.4 Å². The van der Waals surface area contributed by atoms with E-state index in [1.165, 1.54) is 0 Å². The van der Waals surface area contributed by atoms with Crippen molar-refractivity contribution in [1.29, 1.82) is 0 Å². The minimum absolute atomic E-state index is 0. The van der Waals surface area contributed by atoms with E-state index in [2.05, 4.69) is 9.98 Å². The number of rotatable bonds is 4. The molecule has 0 aliphatic rings. The first kappa shape index (κ1) is 20.4. The molecule has 5 heteroatoms. The maximum atomic E-state index is 10.1. The molecule has 0 atom stereocenters. The predicted octanol–water partition coefficient (Wildman–Crippen LogP) is 5.21. The number of aromatic hydroxyl groups is 2. The summed E-state index contributed by atoms with van der Waals surface area (Å²) in [5.41, 5.74) is 4.26. The summed E-state index contributed by atoms with van der Waals surface area (Å²) in [5.74, 6) is 0.448. The van der Waals surface area contributed by atoms with Crippen molar-refractivity contribution in [2.45, 2.75) is 13.8 Å². The Morgan fingerprint density at radius 2 is 1.04 bits per heavy atom. The van der Waals surface area contributed by atoms with E-state index in [4.69, 9.17) is 0 Å². The second-order valence-corrected chi connectivity index (χ2v) is 6.03. The normalized spacial score (nSPS) is 11.0. The molecule has 0 saturated carbocycles. The fourth-order valence-corrected chi connectivity index (χ4v) is 2.53. The topological polar surface area (TPSA) is 65.2 Å². The van der Waals surface area contributed by atoms with Gasteiger partial charge in [-0.1, -0.05) is 36.4 Å². The Morgan fingerprint density at radius 1 is 0.630 bits per heavy atom. The summed E-state index contributed by atoms with van der Waals surface area (Å²) >= 11 is 0. The molecule has 0 amide bonds. The molecule has 0 aliphatic heterocycles. The number of para-hydroxylation sites is 4. The Labute approximate surface area is 169 Å². The molecule has 0 saturated heterocycles. The number of hydrogen-bond donors (Lipinski definition) is 2. The quantitative estimate of drug-likeness (QED) is 0.466. The van der Waals surface area contributed by atoms with Crippen LogP contribution in [-0.4, -0.2) is 22.6 Å². The molecule has 0 aliphatic carbocycles. The van der Waals surface area contributed by atoms with Crippen LogP contribution in [0.3, 0.4) is 0 Å². The van der Waals surface area contributed by atoms with Crippen molar-refractivity contribution in [2.75, 3.05) is 0 Å². The van der Waals surface area contributed by atoms with Gasteiger partial charge in [0, 0.05) is 40.6 Å². The predicted molar refractivity (Wildman–Crippen MR) is 107 cm³/mol. The van der Waals surface area contributed by atoms with Crippen LogP contribution in [0, 0.1) is 13.8 Å². The molecule has 0 aromatic heterocycles. The monoisotopic (exact) mass is 400 g/mol. The second-order valence-electron chi connectivity index (χ2n) is 6.03. The van der Waals surface area contributed by atoms with Gasteiger partial charge in [-0.05, 0) is 49.2 Å².